The summed E-state index contributed by atoms with van der Waals surface area (Å²) in [6, 6.07) is 10.6. The Morgan fingerprint density at radius 1 is 1.11 bits per heavy atom. The van der Waals surface area contributed by atoms with Crippen LogP contribution in [0.1, 0.15) is 0 Å². The largest absolute Gasteiger partial charge is 0.512 e. The third-order valence-electron chi connectivity index (χ3n) is 2.06. The zero-order valence-corrected chi connectivity index (χ0v) is 10.6. The highest BCUT2D eigenvalue weighted by molar-refractivity contribution is 7.93. The third-order valence-corrected chi connectivity index (χ3v) is 5.29. The van der Waals surface area contributed by atoms with Gasteiger partial charge < -0.3 is 9.84 Å². The Hall–Kier alpha value is -1.86. The highest BCUT2D eigenvalue weighted by atomic mass is 32.2. The van der Waals surface area contributed by atoms with E-state index >= 15 is 0 Å². The van der Waals surface area contributed by atoms with Gasteiger partial charge in [0.15, 0.2) is 5.06 Å². The van der Waals surface area contributed by atoms with Crippen LogP contribution in [0.2, 0.25) is 0 Å². The molecule has 0 bridgehead atoms. The van der Waals surface area contributed by atoms with Crippen molar-refractivity contribution in [1.82, 2.24) is 0 Å². The lowest BCUT2D eigenvalue weighted by Crippen LogP contribution is -2.01. The second-order valence-corrected chi connectivity index (χ2v) is 6.48. The van der Waals surface area contributed by atoms with E-state index in [1.165, 1.54) is 24.3 Å². The van der Waals surface area contributed by atoms with Crippen LogP contribution in [0.25, 0.3) is 0 Å². The van der Waals surface area contributed by atoms with Crippen LogP contribution in [0.15, 0.2) is 51.6 Å². The molecule has 18 heavy (non-hydrogen) atoms. The SMILES string of the molecule is O=C(O)Oc1ccc(S(=O)(=O)c2ccccc2)s1. The molecule has 0 aliphatic heterocycles. The lowest BCUT2D eigenvalue weighted by atomic mass is 10.4. The van der Waals surface area contributed by atoms with Crippen molar-refractivity contribution in [2.24, 2.45) is 0 Å². The fourth-order valence-electron chi connectivity index (χ4n) is 1.30. The molecule has 7 heteroatoms. The number of sulfone groups is 1. The minimum absolute atomic E-state index is 0.0250. The predicted octanol–water partition coefficient (Wildman–Crippen LogP) is 2.64. The van der Waals surface area contributed by atoms with Crippen molar-refractivity contribution in [2.75, 3.05) is 0 Å². The Balaban J connectivity index is 2.37. The second-order valence-electron chi connectivity index (χ2n) is 3.26. The van der Waals surface area contributed by atoms with Crippen molar-refractivity contribution in [2.45, 2.75) is 9.10 Å². The van der Waals surface area contributed by atoms with Crippen LogP contribution in [-0.2, 0) is 9.84 Å². The molecule has 0 aliphatic rings. The lowest BCUT2D eigenvalue weighted by molar-refractivity contribution is 0.146. The Morgan fingerprint density at radius 2 is 1.78 bits per heavy atom. The van der Waals surface area contributed by atoms with Crippen molar-refractivity contribution in [3.63, 3.8) is 0 Å². The van der Waals surface area contributed by atoms with Crippen molar-refractivity contribution < 1.29 is 23.1 Å². The van der Waals surface area contributed by atoms with E-state index in [-0.39, 0.29) is 14.2 Å². The monoisotopic (exact) mass is 284 g/mol. The van der Waals surface area contributed by atoms with Gasteiger partial charge in [-0.2, -0.15) is 0 Å². The molecule has 1 aromatic heterocycles. The molecule has 0 saturated carbocycles. The predicted molar refractivity (Wildman–Crippen MR) is 64.9 cm³/mol. The van der Waals surface area contributed by atoms with Crippen molar-refractivity contribution in [3.8, 4) is 5.06 Å². The van der Waals surface area contributed by atoms with Crippen LogP contribution in [0.5, 0.6) is 5.06 Å². The number of hydrogen-bond acceptors (Lipinski definition) is 5. The van der Waals surface area contributed by atoms with Gasteiger partial charge in [0.1, 0.15) is 4.21 Å². The van der Waals surface area contributed by atoms with Gasteiger partial charge in [0.25, 0.3) is 0 Å². The second kappa shape index (κ2) is 4.79. The van der Waals surface area contributed by atoms with Crippen LogP contribution in [0.3, 0.4) is 0 Å². The molecule has 0 fully saturated rings. The molecule has 0 saturated heterocycles. The highest BCUT2D eigenvalue weighted by Crippen LogP contribution is 2.32. The van der Waals surface area contributed by atoms with Gasteiger partial charge in [-0.05, 0) is 24.3 Å². The molecule has 2 aromatic rings. The maximum absolute atomic E-state index is 12.1. The topological polar surface area (TPSA) is 80.7 Å². The number of thiophene rings is 1. The van der Waals surface area contributed by atoms with E-state index in [0.29, 0.717) is 0 Å². The maximum Gasteiger partial charge on any atom is 0.512 e. The quantitative estimate of drug-likeness (QED) is 0.876. The van der Waals surface area contributed by atoms with E-state index in [1.807, 2.05) is 0 Å². The molecule has 5 nitrogen and oxygen atoms in total. The molecule has 0 atom stereocenters. The lowest BCUT2D eigenvalue weighted by Gasteiger charge is -2.00. The Morgan fingerprint density at radius 3 is 2.39 bits per heavy atom. The number of carboxylic acid groups (broad SMARTS) is 1. The third kappa shape index (κ3) is 2.52. The van der Waals surface area contributed by atoms with Crippen LogP contribution >= 0.6 is 11.3 Å². The molecule has 2 rings (SSSR count). The average Bonchev–Trinajstić information content (AvgIpc) is 2.78. The number of hydrogen-bond donors (Lipinski definition) is 1. The van der Waals surface area contributed by atoms with E-state index in [4.69, 9.17) is 5.11 Å². The van der Waals surface area contributed by atoms with Crippen LogP contribution in [0.4, 0.5) is 4.79 Å². The molecule has 1 N–H and O–H groups in total. The number of benzene rings is 1. The molecule has 0 aliphatic carbocycles. The molecule has 0 amide bonds. The Labute approximate surface area is 107 Å². The first-order valence-corrected chi connectivity index (χ1v) is 7.11. The normalized spacial score (nSPS) is 11.1. The summed E-state index contributed by atoms with van der Waals surface area (Å²) in [4.78, 5) is 10.5. The summed E-state index contributed by atoms with van der Waals surface area (Å²) < 4.78 is 28.7. The highest BCUT2D eigenvalue weighted by Gasteiger charge is 2.20. The molecule has 94 valence electrons. The minimum Gasteiger partial charge on any atom is -0.449 e. The zero-order valence-electron chi connectivity index (χ0n) is 8.94. The first-order valence-electron chi connectivity index (χ1n) is 4.81. The first kappa shape index (κ1) is 12.6. The Bertz CT molecular complexity index is 658. The average molecular weight is 284 g/mol. The smallest absolute Gasteiger partial charge is 0.449 e. The van der Waals surface area contributed by atoms with E-state index in [0.717, 1.165) is 11.3 Å². The number of ether oxygens (including phenoxy) is 1. The maximum atomic E-state index is 12.1. The summed E-state index contributed by atoms with van der Waals surface area (Å²) in [6.45, 7) is 0. The molecule has 0 spiro atoms. The van der Waals surface area contributed by atoms with Gasteiger partial charge in [-0.3, -0.25) is 0 Å². The van der Waals surface area contributed by atoms with E-state index in [2.05, 4.69) is 4.74 Å². The standard InChI is InChI=1S/C11H8O5S2/c12-11(13)16-9-6-7-10(17-9)18(14,15)8-4-2-1-3-5-8/h1-7H,(H,12,13). The molecule has 0 radical (unpaired) electrons. The van der Waals surface area contributed by atoms with E-state index in [1.54, 1.807) is 18.2 Å². The summed E-state index contributed by atoms with van der Waals surface area (Å²) in [6.07, 6.45) is -1.47. The van der Waals surface area contributed by atoms with Crippen LogP contribution in [-0.4, -0.2) is 19.7 Å². The zero-order chi connectivity index (χ0) is 13.2. The molecular formula is C11H8O5S2. The van der Waals surface area contributed by atoms with Crippen LogP contribution < -0.4 is 4.74 Å². The molecule has 1 heterocycles. The van der Waals surface area contributed by atoms with Crippen molar-refractivity contribution in [1.29, 1.82) is 0 Å². The molecule has 1 aromatic carbocycles. The van der Waals surface area contributed by atoms with E-state index in [9.17, 15) is 13.2 Å². The van der Waals surface area contributed by atoms with Gasteiger partial charge in [-0.25, -0.2) is 13.2 Å². The molecular weight excluding hydrogens is 276 g/mol. The van der Waals surface area contributed by atoms with Gasteiger partial charge in [0.05, 0.1) is 4.90 Å². The summed E-state index contributed by atoms with van der Waals surface area (Å²) in [5.41, 5.74) is 0. The van der Waals surface area contributed by atoms with Gasteiger partial charge in [-0.15, -0.1) is 0 Å². The molecule has 0 unspecified atom stereocenters. The fraction of sp³-hybridized carbons (Fsp3) is 0. The van der Waals surface area contributed by atoms with Gasteiger partial charge in [0, 0.05) is 0 Å². The first-order chi connectivity index (χ1) is 8.50. The van der Waals surface area contributed by atoms with Gasteiger partial charge in [0.2, 0.25) is 9.84 Å². The van der Waals surface area contributed by atoms with Gasteiger partial charge in [-0.1, -0.05) is 29.5 Å². The summed E-state index contributed by atoms with van der Waals surface area (Å²) in [5, 5.41) is 8.46. The minimum atomic E-state index is -3.61. The van der Waals surface area contributed by atoms with E-state index < -0.39 is 16.0 Å². The Kier molecular flexibility index (Phi) is 3.35. The summed E-state index contributed by atoms with van der Waals surface area (Å²) >= 11 is 0.772. The van der Waals surface area contributed by atoms with Crippen LogP contribution in [0, 0.1) is 0 Å². The van der Waals surface area contributed by atoms with Crippen molar-refractivity contribution in [3.05, 3.63) is 42.5 Å². The van der Waals surface area contributed by atoms with Crippen molar-refractivity contribution >= 4 is 27.3 Å². The summed E-state index contributed by atoms with van der Waals surface area (Å²) in [5.74, 6) is 0. The summed E-state index contributed by atoms with van der Waals surface area (Å²) in [7, 11) is -3.61. The fourth-order valence-corrected chi connectivity index (χ4v) is 3.86. The van der Waals surface area contributed by atoms with Gasteiger partial charge >= 0.3 is 6.16 Å². The number of rotatable bonds is 3. The number of carbonyl (C=O) groups is 1.